The predicted octanol–water partition coefficient (Wildman–Crippen LogP) is 2.81. The van der Waals surface area contributed by atoms with E-state index in [1.54, 1.807) is 6.92 Å². The maximum absolute atomic E-state index is 11.9. The number of nitrogens with one attached hydrogen (secondary N) is 1. The number of benzene rings is 1. The molecule has 1 unspecified atom stereocenters. The van der Waals surface area contributed by atoms with Crippen molar-refractivity contribution in [3.63, 3.8) is 0 Å². The summed E-state index contributed by atoms with van der Waals surface area (Å²) in [5.74, 6) is -1.59. The van der Waals surface area contributed by atoms with E-state index in [2.05, 4.69) is 5.32 Å². The van der Waals surface area contributed by atoms with Crippen LogP contribution in [0.15, 0.2) is 12.1 Å². The standard InChI is InChI=1S/C13H16Cl2N2O3/c1-7(13(19)20)3-2-4-17-12(18)8-5-9(14)11(16)10(15)6-8/h5-7H,2-4,16H2,1H3,(H,17,18)(H,19,20). The van der Waals surface area contributed by atoms with Crippen molar-refractivity contribution in [2.24, 2.45) is 5.92 Å². The third-order valence-corrected chi connectivity index (χ3v) is 3.49. The quantitative estimate of drug-likeness (QED) is 0.555. The van der Waals surface area contributed by atoms with Crippen LogP contribution in [0.4, 0.5) is 5.69 Å². The van der Waals surface area contributed by atoms with Gasteiger partial charge in [-0.2, -0.15) is 0 Å². The Labute approximate surface area is 127 Å². The monoisotopic (exact) mass is 318 g/mol. The molecule has 0 aromatic heterocycles. The molecule has 0 heterocycles. The van der Waals surface area contributed by atoms with Gasteiger partial charge in [0.15, 0.2) is 0 Å². The van der Waals surface area contributed by atoms with Crippen LogP contribution in [0.25, 0.3) is 0 Å². The van der Waals surface area contributed by atoms with Crippen molar-refractivity contribution < 1.29 is 14.7 Å². The highest BCUT2D eigenvalue weighted by molar-refractivity contribution is 6.39. The second-order valence-electron chi connectivity index (χ2n) is 4.49. The van der Waals surface area contributed by atoms with Crippen molar-refractivity contribution in [2.45, 2.75) is 19.8 Å². The van der Waals surface area contributed by atoms with Crippen LogP contribution >= 0.6 is 23.2 Å². The van der Waals surface area contributed by atoms with Crippen molar-refractivity contribution >= 4 is 40.8 Å². The second kappa shape index (κ2) is 7.36. The van der Waals surface area contributed by atoms with E-state index in [4.69, 9.17) is 34.0 Å². The highest BCUT2D eigenvalue weighted by atomic mass is 35.5. The molecule has 0 aliphatic rings. The molecule has 0 bridgehead atoms. The number of nitrogens with two attached hydrogens (primary N) is 1. The molecular formula is C13H16Cl2N2O3. The number of carbonyl (C=O) groups is 2. The average Bonchev–Trinajstić information content (AvgIpc) is 2.39. The molecule has 0 aliphatic carbocycles. The van der Waals surface area contributed by atoms with E-state index in [0.29, 0.717) is 24.9 Å². The molecule has 1 amide bonds. The molecule has 1 rings (SSSR count). The number of carboxylic acid groups (broad SMARTS) is 1. The maximum atomic E-state index is 11.9. The number of rotatable bonds is 6. The van der Waals surface area contributed by atoms with E-state index in [9.17, 15) is 9.59 Å². The van der Waals surface area contributed by atoms with E-state index in [0.717, 1.165) is 0 Å². The molecule has 0 saturated heterocycles. The van der Waals surface area contributed by atoms with Gasteiger partial charge in [0.2, 0.25) is 0 Å². The number of halogens is 2. The molecule has 7 heteroatoms. The number of hydrogen-bond acceptors (Lipinski definition) is 3. The van der Waals surface area contributed by atoms with Gasteiger partial charge < -0.3 is 16.2 Å². The number of aliphatic carboxylic acids is 1. The zero-order valence-electron chi connectivity index (χ0n) is 11.0. The Morgan fingerprint density at radius 1 is 1.35 bits per heavy atom. The third-order valence-electron chi connectivity index (χ3n) is 2.86. The molecule has 5 nitrogen and oxygen atoms in total. The Balaban J connectivity index is 2.50. The third kappa shape index (κ3) is 4.58. The summed E-state index contributed by atoms with van der Waals surface area (Å²) in [4.78, 5) is 22.5. The van der Waals surface area contributed by atoms with Gasteiger partial charge in [-0.25, -0.2) is 0 Å². The molecule has 0 radical (unpaired) electrons. The SMILES string of the molecule is CC(CCCNC(=O)c1cc(Cl)c(N)c(Cl)c1)C(=O)O. The van der Waals surface area contributed by atoms with Gasteiger partial charge in [-0.15, -0.1) is 0 Å². The number of nitrogen functional groups attached to an aromatic ring is 1. The molecule has 1 atom stereocenters. The average molecular weight is 319 g/mol. The van der Waals surface area contributed by atoms with E-state index in [-0.39, 0.29) is 21.6 Å². The van der Waals surface area contributed by atoms with Gasteiger partial charge in [0, 0.05) is 12.1 Å². The van der Waals surface area contributed by atoms with E-state index in [1.165, 1.54) is 12.1 Å². The molecular weight excluding hydrogens is 303 g/mol. The van der Waals surface area contributed by atoms with Crippen LogP contribution in [0, 0.1) is 5.92 Å². The second-order valence-corrected chi connectivity index (χ2v) is 5.31. The van der Waals surface area contributed by atoms with E-state index >= 15 is 0 Å². The molecule has 110 valence electrons. The Morgan fingerprint density at radius 3 is 2.40 bits per heavy atom. The fourth-order valence-corrected chi connectivity index (χ4v) is 2.04. The van der Waals surface area contributed by atoms with Crippen molar-refractivity contribution in [1.29, 1.82) is 0 Å². The van der Waals surface area contributed by atoms with Gasteiger partial charge >= 0.3 is 5.97 Å². The highest BCUT2D eigenvalue weighted by Gasteiger charge is 2.12. The van der Waals surface area contributed by atoms with Gasteiger partial charge in [-0.1, -0.05) is 30.1 Å². The molecule has 0 saturated carbocycles. The van der Waals surface area contributed by atoms with Crippen molar-refractivity contribution in [3.8, 4) is 0 Å². The first kappa shape index (κ1) is 16.6. The lowest BCUT2D eigenvalue weighted by atomic mass is 10.1. The number of amides is 1. The van der Waals surface area contributed by atoms with Gasteiger partial charge in [0.05, 0.1) is 21.7 Å². The lowest BCUT2D eigenvalue weighted by molar-refractivity contribution is -0.141. The van der Waals surface area contributed by atoms with E-state index < -0.39 is 11.9 Å². The number of carbonyl (C=O) groups excluding carboxylic acids is 1. The van der Waals surface area contributed by atoms with Crippen molar-refractivity contribution in [2.75, 3.05) is 12.3 Å². The Morgan fingerprint density at radius 2 is 1.90 bits per heavy atom. The summed E-state index contributed by atoms with van der Waals surface area (Å²) >= 11 is 11.7. The van der Waals surface area contributed by atoms with Gasteiger partial charge in [-0.05, 0) is 25.0 Å². The minimum atomic E-state index is -0.839. The first-order valence-corrected chi connectivity index (χ1v) is 6.84. The summed E-state index contributed by atoms with van der Waals surface area (Å²) in [6.45, 7) is 2.01. The summed E-state index contributed by atoms with van der Waals surface area (Å²) in [5.41, 5.74) is 6.14. The van der Waals surface area contributed by atoms with Crippen LogP contribution in [0.5, 0.6) is 0 Å². The zero-order valence-corrected chi connectivity index (χ0v) is 12.5. The fraction of sp³-hybridized carbons (Fsp3) is 0.385. The molecule has 0 spiro atoms. The molecule has 0 fully saturated rings. The normalized spacial score (nSPS) is 11.9. The molecule has 0 aliphatic heterocycles. The molecule has 1 aromatic carbocycles. The number of anilines is 1. The summed E-state index contributed by atoms with van der Waals surface area (Å²) in [6.07, 6.45) is 1.08. The summed E-state index contributed by atoms with van der Waals surface area (Å²) in [5, 5.41) is 11.9. The van der Waals surface area contributed by atoms with Crippen LogP contribution in [0.2, 0.25) is 10.0 Å². The lowest BCUT2D eigenvalue weighted by Crippen LogP contribution is -2.25. The van der Waals surface area contributed by atoms with Gasteiger partial charge in [0.25, 0.3) is 5.91 Å². The van der Waals surface area contributed by atoms with Crippen LogP contribution in [0.1, 0.15) is 30.1 Å². The largest absolute Gasteiger partial charge is 0.481 e. The Hall–Kier alpha value is -1.46. The predicted molar refractivity (Wildman–Crippen MR) is 79.2 cm³/mol. The zero-order chi connectivity index (χ0) is 15.3. The topological polar surface area (TPSA) is 92.4 Å². The first-order chi connectivity index (χ1) is 9.32. The van der Waals surface area contributed by atoms with Crippen molar-refractivity contribution in [3.05, 3.63) is 27.7 Å². The first-order valence-electron chi connectivity index (χ1n) is 6.08. The smallest absolute Gasteiger partial charge is 0.306 e. The van der Waals surface area contributed by atoms with Gasteiger partial charge in [-0.3, -0.25) is 9.59 Å². The van der Waals surface area contributed by atoms with Crippen molar-refractivity contribution in [1.82, 2.24) is 5.32 Å². The Kier molecular flexibility index (Phi) is 6.10. The van der Waals surface area contributed by atoms with E-state index in [1.807, 2.05) is 0 Å². The summed E-state index contributed by atoms with van der Waals surface area (Å²) in [7, 11) is 0. The summed E-state index contributed by atoms with van der Waals surface area (Å²) in [6, 6.07) is 2.88. The fourth-order valence-electron chi connectivity index (χ4n) is 1.55. The number of carboxylic acids is 1. The maximum Gasteiger partial charge on any atom is 0.306 e. The van der Waals surface area contributed by atoms with Gasteiger partial charge in [0.1, 0.15) is 0 Å². The summed E-state index contributed by atoms with van der Waals surface area (Å²) < 4.78 is 0. The number of hydrogen-bond donors (Lipinski definition) is 3. The van der Waals surface area contributed by atoms with Crippen LogP contribution in [-0.4, -0.2) is 23.5 Å². The highest BCUT2D eigenvalue weighted by Crippen LogP contribution is 2.28. The minimum absolute atomic E-state index is 0.224. The van der Waals surface area contributed by atoms with Crippen LogP contribution in [0.3, 0.4) is 0 Å². The molecule has 20 heavy (non-hydrogen) atoms. The minimum Gasteiger partial charge on any atom is -0.481 e. The van der Waals surface area contributed by atoms with Crippen LogP contribution in [-0.2, 0) is 4.79 Å². The molecule has 4 N–H and O–H groups in total. The van der Waals surface area contributed by atoms with Crippen LogP contribution < -0.4 is 11.1 Å². The molecule has 1 aromatic rings. The Bertz CT molecular complexity index is 497. The lowest BCUT2D eigenvalue weighted by Gasteiger charge is -2.09.